The predicted octanol–water partition coefficient (Wildman–Crippen LogP) is 4.13. The number of allylic oxidation sites excluding steroid dienone is 1. The van der Waals surface area contributed by atoms with Crippen LogP contribution in [0.1, 0.15) is 65.7 Å². The predicted molar refractivity (Wildman–Crippen MR) is 87.3 cm³/mol. The second kappa shape index (κ2) is 4.69. The molecule has 2 nitrogen and oxygen atoms in total. The molecule has 0 heterocycles. The van der Waals surface area contributed by atoms with Crippen LogP contribution in [0.2, 0.25) is 0 Å². The molecule has 0 aromatic heterocycles. The van der Waals surface area contributed by atoms with Crippen LogP contribution in [0.4, 0.5) is 0 Å². The molecule has 0 saturated heterocycles. The lowest BCUT2D eigenvalue weighted by atomic mass is 9.48. The molecule has 2 heteroatoms. The minimum Gasteiger partial charge on any atom is -0.390 e. The van der Waals surface area contributed by atoms with Crippen LogP contribution in [0, 0.1) is 35.0 Å². The molecule has 0 aromatic rings. The van der Waals surface area contributed by atoms with Crippen LogP contribution in [-0.2, 0) is 4.79 Å². The second-order valence-electron chi connectivity index (χ2n) is 9.13. The molecule has 1 N–H and O–H groups in total. The van der Waals surface area contributed by atoms with Gasteiger partial charge in [0.05, 0.1) is 5.60 Å². The van der Waals surface area contributed by atoms with E-state index in [0.717, 1.165) is 43.9 Å². The van der Waals surface area contributed by atoms with Crippen LogP contribution in [-0.4, -0.2) is 16.5 Å². The number of ketones is 1. The van der Waals surface area contributed by atoms with Crippen molar-refractivity contribution in [3.05, 3.63) is 11.6 Å². The van der Waals surface area contributed by atoms with Gasteiger partial charge < -0.3 is 5.11 Å². The summed E-state index contributed by atoms with van der Waals surface area (Å²) in [6.45, 7) is 6.82. The Labute approximate surface area is 134 Å². The Kier molecular flexibility index (Phi) is 3.18. The van der Waals surface area contributed by atoms with Crippen molar-refractivity contribution in [1.82, 2.24) is 0 Å². The summed E-state index contributed by atoms with van der Waals surface area (Å²) in [5, 5.41) is 10.9. The highest BCUT2D eigenvalue weighted by molar-refractivity contribution is 5.91. The van der Waals surface area contributed by atoms with E-state index in [0.29, 0.717) is 23.5 Å². The van der Waals surface area contributed by atoms with E-state index in [1.165, 1.54) is 18.4 Å². The van der Waals surface area contributed by atoms with E-state index < -0.39 is 5.60 Å². The summed E-state index contributed by atoms with van der Waals surface area (Å²) >= 11 is 0. The molecule has 4 aliphatic carbocycles. The lowest BCUT2D eigenvalue weighted by molar-refractivity contribution is -0.121. The van der Waals surface area contributed by atoms with Crippen LogP contribution in [0.15, 0.2) is 11.6 Å². The van der Waals surface area contributed by atoms with Crippen molar-refractivity contribution in [2.75, 3.05) is 0 Å². The molecule has 0 bridgehead atoms. The summed E-state index contributed by atoms with van der Waals surface area (Å²) in [5.41, 5.74) is 1.08. The van der Waals surface area contributed by atoms with Crippen molar-refractivity contribution in [2.45, 2.75) is 71.3 Å². The van der Waals surface area contributed by atoms with E-state index in [9.17, 15) is 9.90 Å². The third kappa shape index (κ3) is 1.85. The zero-order chi connectivity index (χ0) is 15.7. The fraction of sp³-hybridized carbons (Fsp3) is 0.850. The molecular formula is C20H30O2. The SMILES string of the molecule is CC1CC2=CC(=O)CC[C@@H]2[C@H]2CC[C@@]3(C)[C@@H](CCC3(C)O)[C@H]12. The maximum atomic E-state index is 11.8. The molecule has 2 unspecified atom stereocenters. The maximum absolute atomic E-state index is 11.8. The van der Waals surface area contributed by atoms with Crippen molar-refractivity contribution in [3.63, 3.8) is 0 Å². The molecule has 0 amide bonds. The third-order valence-electron chi connectivity index (χ3n) is 8.20. The monoisotopic (exact) mass is 302 g/mol. The van der Waals surface area contributed by atoms with Gasteiger partial charge in [-0.1, -0.05) is 19.4 Å². The number of aliphatic hydroxyl groups is 1. The van der Waals surface area contributed by atoms with E-state index in [1.807, 2.05) is 6.08 Å². The highest BCUT2D eigenvalue weighted by atomic mass is 16.3. The Morgan fingerprint density at radius 3 is 2.73 bits per heavy atom. The molecule has 122 valence electrons. The van der Waals surface area contributed by atoms with E-state index in [2.05, 4.69) is 20.8 Å². The molecule has 22 heavy (non-hydrogen) atoms. The summed E-state index contributed by atoms with van der Waals surface area (Å²) < 4.78 is 0. The Morgan fingerprint density at radius 1 is 1.18 bits per heavy atom. The zero-order valence-corrected chi connectivity index (χ0v) is 14.3. The highest BCUT2D eigenvalue weighted by Crippen LogP contribution is 2.65. The molecule has 0 radical (unpaired) electrons. The van der Waals surface area contributed by atoms with Crippen molar-refractivity contribution < 1.29 is 9.90 Å². The lowest BCUT2D eigenvalue weighted by Crippen LogP contribution is -2.53. The van der Waals surface area contributed by atoms with Crippen molar-refractivity contribution in [1.29, 1.82) is 0 Å². The maximum Gasteiger partial charge on any atom is 0.155 e. The quantitative estimate of drug-likeness (QED) is 0.730. The molecule has 3 saturated carbocycles. The van der Waals surface area contributed by atoms with E-state index in [-0.39, 0.29) is 5.41 Å². The van der Waals surface area contributed by atoms with Gasteiger partial charge in [-0.3, -0.25) is 4.79 Å². The van der Waals surface area contributed by atoms with Gasteiger partial charge in [-0.05, 0) is 86.5 Å². The van der Waals surface area contributed by atoms with Crippen LogP contribution in [0.5, 0.6) is 0 Å². The largest absolute Gasteiger partial charge is 0.390 e. The van der Waals surface area contributed by atoms with Gasteiger partial charge in [0.25, 0.3) is 0 Å². The van der Waals surface area contributed by atoms with Gasteiger partial charge in [0.1, 0.15) is 0 Å². The van der Waals surface area contributed by atoms with Crippen LogP contribution < -0.4 is 0 Å². The number of fused-ring (bicyclic) bond motifs is 5. The number of hydrogen-bond donors (Lipinski definition) is 1. The smallest absolute Gasteiger partial charge is 0.155 e. The molecular weight excluding hydrogens is 272 g/mol. The zero-order valence-electron chi connectivity index (χ0n) is 14.3. The summed E-state index contributed by atoms with van der Waals surface area (Å²) in [6, 6.07) is 0. The molecule has 4 rings (SSSR count). The summed E-state index contributed by atoms with van der Waals surface area (Å²) in [5.74, 6) is 3.86. The van der Waals surface area contributed by atoms with E-state index >= 15 is 0 Å². The Balaban J connectivity index is 1.69. The van der Waals surface area contributed by atoms with Gasteiger partial charge >= 0.3 is 0 Å². The second-order valence-corrected chi connectivity index (χ2v) is 9.13. The topological polar surface area (TPSA) is 37.3 Å². The van der Waals surface area contributed by atoms with Crippen LogP contribution >= 0.6 is 0 Å². The third-order valence-corrected chi connectivity index (χ3v) is 8.20. The standard InChI is InChI=1S/C20H30O2/c1-12-10-13-11-14(21)4-5-15(13)16-6-8-19(2)17(18(12)16)7-9-20(19,3)22/h11-12,15-18,22H,4-10H2,1-3H3/t12?,15-,16+,17-,18+,19-,20?/m0/s1. The lowest BCUT2D eigenvalue weighted by Gasteiger charge is -2.57. The fourth-order valence-corrected chi connectivity index (χ4v) is 6.83. The van der Waals surface area contributed by atoms with Gasteiger partial charge in [-0.15, -0.1) is 0 Å². The first-order valence-corrected chi connectivity index (χ1v) is 9.29. The Hall–Kier alpha value is -0.630. The van der Waals surface area contributed by atoms with Gasteiger partial charge in [-0.25, -0.2) is 0 Å². The molecule has 4 aliphatic rings. The summed E-state index contributed by atoms with van der Waals surface area (Å²) in [6.07, 6.45) is 9.51. The Bertz CT molecular complexity index is 532. The number of carbonyl (C=O) groups excluding carboxylic acids is 1. The first kappa shape index (κ1) is 14.9. The molecule has 0 aromatic carbocycles. The fourth-order valence-electron chi connectivity index (χ4n) is 6.83. The van der Waals surface area contributed by atoms with Gasteiger partial charge in [0.15, 0.2) is 5.78 Å². The normalized spacial score (nSPS) is 54.3. The summed E-state index contributed by atoms with van der Waals surface area (Å²) in [4.78, 5) is 11.8. The number of rotatable bonds is 0. The van der Waals surface area contributed by atoms with Crippen molar-refractivity contribution in [3.8, 4) is 0 Å². The van der Waals surface area contributed by atoms with Crippen molar-refractivity contribution in [2.24, 2.45) is 35.0 Å². The first-order chi connectivity index (χ1) is 10.3. The van der Waals surface area contributed by atoms with E-state index in [4.69, 9.17) is 0 Å². The van der Waals surface area contributed by atoms with Crippen LogP contribution in [0.3, 0.4) is 0 Å². The van der Waals surface area contributed by atoms with Gasteiger partial charge in [-0.2, -0.15) is 0 Å². The summed E-state index contributed by atoms with van der Waals surface area (Å²) in [7, 11) is 0. The van der Waals surface area contributed by atoms with Crippen LogP contribution in [0.25, 0.3) is 0 Å². The number of hydrogen-bond acceptors (Lipinski definition) is 2. The van der Waals surface area contributed by atoms with E-state index in [1.54, 1.807) is 0 Å². The number of carbonyl (C=O) groups is 1. The Morgan fingerprint density at radius 2 is 1.95 bits per heavy atom. The van der Waals surface area contributed by atoms with Gasteiger partial charge in [0, 0.05) is 6.42 Å². The highest BCUT2D eigenvalue weighted by Gasteiger charge is 2.61. The molecule has 7 atom stereocenters. The molecule has 0 aliphatic heterocycles. The molecule has 0 spiro atoms. The minimum absolute atomic E-state index is 0.105. The van der Waals surface area contributed by atoms with Gasteiger partial charge in [0.2, 0.25) is 0 Å². The molecule has 3 fully saturated rings. The average molecular weight is 302 g/mol. The minimum atomic E-state index is -0.485. The first-order valence-electron chi connectivity index (χ1n) is 9.29. The average Bonchev–Trinajstić information content (AvgIpc) is 2.69. The van der Waals surface area contributed by atoms with Crippen molar-refractivity contribution >= 4 is 5.78 Å².